The molecule has 0 saturated heterocycles. The van der Waals surface area contributed by atoms with Crippen molar-refractivity contribution in [1.82, 2.24) is 15.0 Å². The molecule has 0 fully saturated rings. The lowest BCUT2D eigenvalue weighted by molar-refractivity contribution is 0.248. The van der Waals surface area contributed by atoms with E-state index in [1.165, 1.54) is 5.56 Å². The van der Waals surface area contributed by atoms with Crippen molar-refractivity contribution in [2.75, 3.05) is 0 Å². The van der Waals surface area contributed by atoms with Crippen molar-refractivity contribution in [3.63, 3.8) is 0 Å². The molecule has 0 aliphatic heterocycles. The van der Waals surface area contributed by atoms with Gasteiger partial charge in [-0.05, 0) is 47.1 Å². The Bertz CT molecular complexity index is 876. The first kappa shape index (κ1) is 18.4. The first-order valence-electron chi connectivity index (χ1n) is 9.32. The van der Waals surface area contributed by atoms with Crippen LogP contribution in [0.25, 0.3) is 11.0 Å². The molecule has 0 radical (unpaired) electrons. The Morgan fingerprint density at radius 3 is 2.15 bits per heavy atom. The highest BCUT2D eigenvalue weighted by Crippen LogP contribution is 2.39. The van der Waals surface area contributed by atoms with Crippen LogP contribution in [0.15, 0.2) is 42.5 Å². The Hall–Kier alpha value is -2.36. The maximum absolute atomic E-state index is 10.3. The number of phenolic OH excluding ortho intramolecular Hbond substituents is 1. The number of hydrogen-bond donors (Lipinski definition) is 1. The fourth-order valence-corrected chi connectivity index (χ4v) is 3.68. The highest BCUT2D eigenvalue weighted by atomic mass is 16.3. The van der Waals surface area contributed by atoms with Crippen LogP contribution in [0.4, 0.5) is 0 Å². The molecule has 0 unspecified atom stereocenters. The Morgan fingerprint density at radius 2 is 1.58 bits per heavy atom. The van der Waals surface area contributed by atoms with Gasteiger partial charge < -0.3 is 5.11 Å². The van der Waals surface area contributed by atoms with E-state index in [2.05, 4.69) is 50.9 Å². The first-order valence-corrected chi connectivity index (χ1v) is 9.32. The molecule has 0 spiro atoms. The maximum Gasteiger partial charge on any atom is 0.120 e. The lowest BCUT2D eigenvalue weighted by Crippen LogP contribution is -2.26. The van der Waals surface area contributed by atoms with Gasteiger partial charge in [-0.25, -0.2) is 0 Å². The summed E-state index contributed by atoms with van der Waals surface area (Å²) >= 11 is 0. The third kappa shape index (κ3) is 3.90. The van der Waals surface area contributed by atoms with Crippen LogP contribution >= 0.6 is 0 Å². The molecule has 138 valence electrons. The van der Waals surface area contributed by atoms with Crippen LogP contribution in [-0.4, -0.2) is 20.1 Å². The van der Waals surface area contributed by atoms with Crippen molar-refractivity contribution in [2.24, 2.45) is 5.41 Å². The quantitative estimate of drug-likeness (QED) is 0.656. The molecule has 0 amide bonds. The van der Waals surface area contributed by atoms with Gasteiger partial charge in [-0.3, -0.25) is 0 Å². The minimum absolute atomic E-state index is 0.0320. The van der Waals surface area contributed by atoms with Gasteiger partial charge in [-0.2, -0.15) is 15.0 Å². The molecule has 3 rings (SSSR count). The number of rotatable bonds is 6. The van der Waals surface area contributed by atoms with E-state index in [4.69, 9.17) is 0 Å². The van der Waals surface area contributed by atoms with Crippen LogP contribution in [0.3, 0.4) is 0 Å². The standard InChI is InChI=1S/C22H29N3O/c1-6-21(2,3)15-22(4,5)17-11-12-20(26)16(13-17)14-25-23-18-9-7-8-10-19(18)24-25/h7-13,26H,6,14-15H2,1-5H3. The lowest BCUT2D eigenvalue weighted by atomic mass is 9.70. The van der Waals surface area contributed by atoms with Crippen LogP contribution in [0, 0.1) is 5.41 Å². The summed E-state index contributed by atoms with van der Waals surface area (Å²) in [7, 11) is 0. The zero-order valence-corrected chi connectivity index (χ0v) is 16.5. The van der Waals surface area contributed by atoms with Gasteiger partial charge in [0.15, 0.2) is 0 Å². The smallest absolute Gasteiger partial charge is 0.120 e. The number of aromatic hydroxyl groups is 1. The summed E-state index contributed by atoms with van der Waals surface area (Å²) in [4.78, 5) is 1.66. The predicted octanol–water partition coefficient (Wildman–Crippen LogP) is 5.29. The van der Waals surface area contributed by atoms with Crippen molar-refractivity contribution in [1.29, 1.82) is 0 Å². The van der Waals surface area contributed by atoms with Crippen LogP contribution in [-0.2, 0) is 12.0 Å². The van der Waals surface area contributed by atoms with Crippen LogP contribution in [0.5, 0.6) is 5.75 Å². The van der Waals surface area contributed by atoms with Gasteiger partial charge >= 0.3 is 0 Å². The molecule has 0 atom stereocenters. The second-order valence-electron chi connectivity index (χ2n) is 8.64. The zero-order valence-electron chi connectivity index (χ0n) is 16.5. The molecule has 2 aromatic carbocycles. The molecule has 0 aliphatic rings. The number of benzene rings is 2. The lowest BCUT2D eigenvalue weighted by Gasteiger charge is -2.35. The molecule has 1 heterocycles. The summed E-state index contributed by atoms with van der Waals surface area (Å²) in [5, 5.41) is 19.4. The van der Waals surface area contributed by atoms with E-state index in [0.717, 1.165) is 29.4 Å². The second kappa shape index (κ2) is 6.75. The van der Waals surface area contributed by atoms with Gasteiger partial charge in [0.25, 0.3) is 0 Å². The minimum atomic E-state index is 0.0320. The second-order valence-corrected chi connectivity index (χ2v) is 8.64. The van der Waals surface area contributed by atoms with E-state index < -0.39 is 0 Å². The topological polar surface area (TPSA) is 50.9 Å². The Labute approximate surface area is 155 Å². The Morgan fingerprint density at radius 1 is 0.962 bits per heavy atom. The molecule has 0 bridgehead atoms. The molecule has 1 aromatic heterocycles. The number of fused-ring (bicyclic) bond motifs is 1. The van der Waals surface area contributed by atoms with E-state index in [-0.39, 0.29) is 10.8 Å². The van der Waals surface area contributed by atoms with E-state index in [0.29, 0.717) is 12.3 Å². The van der Waals surface area contributed by atoms with Gasteiger partial charge in [0.1, 0.15) is 16.8 Å². The molecule has 0 aliphatic carbocycles. The molecule has 1 N–H and O–H groups in total. The van der Waals surface area contributed by atoms with E-state index in [9.17, 15) is 5.11 Å². The van der Waals surface area contributed by atoms with Crippen molar-refractivity contribution >= 4 is 11.0 Å². The predicted molar refractivity (Wildman–Crippen MR) is 106 cm³/mol. The van der Waals surface area contributed by atoms with Gasteiger partial charge in [-0.15, -0.1) is 0 Å². The van der Waals surface area contributed by atoms with Crippen molar-refractivity contribution in [2.45, 2.75) is 59.4 Å². The molecule has 4 nitrogen and oxygen atoms in total. The van der Waals surface area contributed by atoms with Crippen LogP contribution in [0.2, 0.25) is 0 Å². The fourth-order valence-electron chi connectivity index (χ4n) is 3.68. The van der Waals surface area contributed by atoms with Gasteiger partial charge in [-0.1, -0.05) is 59.2 Å². The Kier molecular flexibility index (Phi) is 4.78. The van der Waals surface area contributed by atoms with Crippen LogP contribution < -0.4 is 0 Å². The number of phenols is 1. The zero-order chi connectivity index (χ0) is 18.9. The number of hydrogen-bond acceptors (Lipinski definition) is 3. The third-order valence-corrected chi connectivity index (χ3v) is 5.38. The summed E-state index contributed by atoms with van der Waals surface area (Å²) in [6.45, 7) is 11.9. The SMILES string of the molecule is CCC(C)(C)CC(C)(C)c1ccc(O)c(Cn2nc3ccccc3n2)c1. The summed E-state index contributed by atoms with van der Waals surface area (Å²) < 4.78 is 0. The maximum atomic E-state index is 10.3. The monoisotopic (exact) mass is 351 g/mol. The van der Waals surface area contributed by atoms with Crippen molar-refractivity contribution < 1.29 is 5.11 Å². The third-order valence-electron chi connectivity index (χ3n) is 5.38. The molecule has 0 saturated carbocycles. The van der Waals surface area contributed by atoms with Gasteiger partial charge in [0, 0.05) is 5.56 Å². The molecule has 4 heteroatoms. The normalized spacial score (nSPS) is 12.7. The Balaban J connectivity index is 1.90. The first-order chi connectivity index (χ1) is 12.2. The molecule has 26 heavy (non-hydrogen) atoms. The number of nitrogens with zero attached hydrogens (tertiary/aromatic N) is 3. The largest absolute Gasteiger partial charge is 0.508 e. The van der Waals surface area contributed by atoms with Gasteiger partial charge in [0.2, 0.25) is 0 Å². The van der Waals surface area contributed by atoms with Gasteiger partial charge in [0.05, 0.1) is 6.54 Å². The highest BCUT2D eigenvalue weighted by Gasteiger charge is 2.29. The van der Waals surface area contributed by atoms with Crippen LogP contribution in [0.1, 0.15) is 58.6 Å². The molecular formula is C22H29N3O. The number of aromatic nitrogens is 3. The van der Waals surface area contributed by atoms with Crippen molar-refractivity contribution in [3.05, 3.63) is 53.6 Å². The average molecular weight is 351 g/mol. The summed E-state index contributed by atoms with van der Waals surface area (Å²) in [5.41, 5.74) is 4.14. The minimum Gasteiger partial charge on any atom is -0.508 e. The van der Waals surface area contributed by atoms with E-state index >= 15 is 0 Å². The van der Waals surface area contributed by atoms with Crippen molar-refractivity contribution in [3.8, 4) is 5.75 Å². The molecule has 3 aromatic rings. The summed E-state index contributed by atoms with van der Waals surface area (Å²) in [6, 6.07) is 13.8. The average Bonchev–Trinajstić information content (AvgIpc) is 2.98. The van der Waals surface area contributed by atoms with E-state index in [1.807, 2.05) is 30.3 Å². The van der Waals surface area contributed by atoms with E-state index in [1.54, 1.807) is 10.9 Å². The fraction of sp³-hybridized carbons (Fsp3) is 0.455. The summed E-state index contributed by atoms with van der Waals surface area (Å²) in [5.74, 6) is 0.292. The summed E-state index contributed by atoms with van der Waals surface area (Å²) in [6.07, 6.45) is 2.23. The highest BCUT2D eigenvalue weighted by molar-refractivity contribution is 5.73. The molecular weight excluding hydrogens is 322 g/mol.